The molecule has 0 radical (unpaired) electrons. The quantitative estimate of drug-likeness (QED) is 0.558. The number of nitrogens with zero attached hydrogens (tertiary/aromatic N) is 1. The zero-order valence-electron chi connectivity index (χ0n) is 15.5. The van der Waals surface area contributed by atoms with Gasteiger partial charge in [-0.25, -0.2) is 4.79 Å². The van der Waals surface area contributed by atoms with Gasteiger partial charge in [-0.15, -0.1) is 0 Å². The highest BCUT2D eigenvalue weighted by molar-refractivity contribution is 7.80. The first-order valence-electron chi connectivity index (χ1n) is 8.23. The molecule has 0 bridgehead atoms. The molecule has 148 valence electrons. The third-order valence-electron chi connectivity index (χ3n) is 4.23. The van der Waals surface area contributed by atoms with Crippen molar-refractivity contribution in [1.29, 1.82) is 0 Å². The zero-order valence-corrected chi connectivity index (χ0v) is 16.3. The van der Waals surface area contributed by atoms with Crippen molar-refractivity contribution in [3.8, 4) is 5.75 Å². The Hall–Kier alpha value is -2.26. The third-order valence-corrected chi connectivity index (χ3v) is 4.54. The number of alkyl halides is 2. The summed E-state index contributed by atoms with van der Waals surface area (Å²) in [5.74, 6) is -0.630. The van der Waals surface area contributed by atoms with Gasteiger partial charge in [-0.3, -0.25) is 0 Å². The van der Waals surface area contributed by atoms with Gasteiger partial charge in [0.25, 0.3) is 0 Å². The van der Waals surface area contributed by atoms with E-state index in [1.54, 1.807) is 37.1 Å². The van der Waals surface area contributed by atoms with E-state index in [1.807, 2.05) is 6.92 Å². The number of nitrogens with one attached hydrogen (secondary N) is 1. The molecule has 0 fully saturated rings. The number of thiocarbonyl (C=S) groups is 1. The number of benzene rings is 1. The second kappa shape index (κ2) is 9.09. The van der Waals surface area contributed by atoms with E-state index < -0.39 is 18.6 Å². The van der Waals surface area contributed by atoms with Gasteiger partial charge >= 0.3 is 12.6 Å². The number of rotatable bonds is 7. The van der Waals surface area contributed by atoms with Crippen molar-refractivity contribution < 1.29 is 27.8 Å². The molecule has 0 aromatic heterocycles. The summed E-state index contributed by atoms with van der Waals surface area (Å²) in [6, 6.07) is 5.32. The summed E-state index contributed by atoms with van der Waals surface area (Å²) in [5, 5.41) is 3.40. The second-order valence-corrected chi connectivity index (χ2v) is 6.35. The molecule has 0 saturated carbocycles. The van der Waals surface area contributed by atoms with Crippen molar-refractivity contribution in [2.45, 2.75) is 32.5 Å². The molecular weight excluding hydrogens is 378 g/mol. The monoisotopic (exact) mass is 400 g/mol. The van der Waals surface area contributed by atoms with E-state index in [4.69, 9.17) is 21.7 Å². The minimum atomic E-state index is -2.99. The Balaban J connectivity index is 2.57. The Bertz CT molecular complexity index is 742. The number of halogens is 2. The van der Waals surface area contributed by atoms with Crippen molar-refractivity contribution >= 4 is 23.3 Å². The van der Waals surface area contributed by atoms with Crippen LogP contribution in [-0.2, 0) is 14.3 Å². The van der Waals surface area contributed by atoms with E-state index in [-0.39, 0.29) is 17.4 Å². The normalized spacial score (nSPS) is 18.4. The molecule has 0 saturated heterocycles. The van der Waals surface area contributed by atoms with Crippen molar-refractivity contribution in [1.82, 2.24) is 10.2 Å². The maximum absolute atomic E-state index is 12.8. The molecule has 6 nitrogen and oxygen atoms in total. The Morgan fingerprint density at radius 1 is 1.33 bits per heavy atom. The van der Waals surface area contributed by atoms with Crippen LogP contribution >= 0.6 is 12.2 Å². The molecule has 1 aromatic rings. The molecule has 1 aliphatic rings. The molecule has 0 amide bonds. The van der Waals surface area contributed by atoms with Crippen LogP contribution in [-0.4, -0.2) is 49.5 Å². The Kier molecular flexibility index (Phi) is 7.09. The van der Waals surface area contributed by atoms with Gasteiger partial charge in [0.15, 0.2) is 5.11 Å². The highest BCUT2D eigenvalue weighted by Gasteiger charge is 2.37. The Labute approximate surface area is 162 Å². The van der Waals surface area contributed by atoms with Crippen molar-refractivity contribution in [3.63, 3.8) is 0 Å². The summed E-state index contributed by atoms with van der Waals surface area (Å²) in [7, 11) is 2.83. The molecule has 2 atom stereocenters. The third kappa shape index (κ3) is 4.54. The lowest BCUT2D eigenvalue weighted by molar-refractivity contribution is -0.136. The van der Waals surface area contributed by atoms with Crippen LogP contribution in [0.1, 0.15) is 25.5 Å². The number of para-hydroxylation sites is 1. The van der Waals surface area contributed by atoms with Gasteiger partial charge in [0, 0.05) is 18.4 Å². The lowest BCUT2D eigenvalue weighted by Crippen LogP contribution is -2.52. The van der Waals surface area contributed by atoms with Crippen molar-refractivity contribution in [3.05, 3.63) is 41.1 Å². The molecule has 0 unspecified atom stereocenters. The number of ether oxygens (including phenoxy) is 3. The fourth-order valence-electron chi connectivity index (χ4n) is 3.13. The van der Waals surface area contributed by atoms with Gasteiger partial charge in [0.05, 0.1) is 31.4 Å². The van der Waals surface area contributed by atoms with Crippen LogP contribution in [0, 0.1) is 0 Å². The minimum absolute atomic E-state index is 0.0413. The first-order chi connectivity index (χ1) is 12.8. The van der Waals surface area contributed by atoms with Crippen LogP contribution in [0.25, 0.3) is 0 Å². The molecule has 0 spiro atoms. The number of hydrogen-bond acceptors (Lipinski definition) is 5. The van der Waals surface area contributed by atoms with E-state index in [2.05, 4.69) is 10.1 Å². The first kappa shape index (κ1) is 21.0. The van der Waals surface area contributed by atoms with E-state index in [1.165, 1.54) is 13.2 Å². The molecule has 0 aliphatic carbocycles. The van der Waals surface area contributed by atoms with Crippen LogP contribution in [0.4, 0.5) is 8.78 Å². The highest BCUT2D eigenvalue weighted by Crippen LogP contribution is 2.37. The van der Waals surface area contributed by atoms with Gasteiger partial charge in [-0.1, -0.05) is 18.2 Å². The number of methoxy groups -OCH3 is 2. The predicted molar refractivity (Wildman–Crippen MR) is 99.4 cm³/mol. The molecule has 9 heteroatoms. The largest absolute Gasteiger partial charge is 0.466 e. The van der Waals surface area contributed by atoms with Gasteiger partial charge in [0.1, 0.15) is 5.75 Å². The average molecular weight is 400 g/mol. The lowest BCUT2D eigenvalue weighted by Gasteiger charge is -2.40. The molecular formula is C18H22F2N2O4S. The molecule has 1 heterocycles. The number of esters is 1. The highest BCUT2D eigenvalue weighted by atomic mass is 32.1. The van der Waals surface area contributed by atoms with Gasteiger partial charge < -0.3 is 24.4 Å². The van der Waals surface area contributed by atoms with E-state index in [0.29, 0.717) is 23.0 Å². The van der Waals surface area contributed by atoms with Gasteiger partial charge in [-0.05, 0) is 32.1 Å². The summed E-state index contributed by atoms with van der Waals surface area (Å²) in [5.41, 5.74) is 1.19. The molecule has 1 aliphatic heterocycles. The SMILES string of the molecule is COC[C@H](C)N1C(=S)N[C@@H](c2ccccc2OC(F)F)C(C(=O)OC)=C1C. The number of carbonyl (C=O) groups excluding carboxylic acids is 1. The molecule has 2 rings (SSSR count). The minimum Gasteiger partial charge on any atom is -0.466 e. The number of carbonyl (C=O) groups is 1. The smallest absolute Gasteiger partial charge is 0.387 e. The summed E-state index contributed by atoms with van der Waals surface area (Å²) in [4.78, 5) is 14.3. The summed E-state index contributed by atoms with van der Waals surface area (Å²) >= 11 is 5.46. The fraction of sp³-hybridized carbons (Fsp3) is 0.444. The Morgan fingerprint density at radius 2 is 2.00 bits per heavy atom. The second-order valence-electron chi connectivity index (χ2n) is 5.96. The van der Waals surface area contributed by atoms with Crippen LogP contribution in [0.5, 0.6) is 5.75 Å². The van der Waals surface area contributed by atoms with E-state index in [0.717, 1.165) is 0 Å². The van der Waals surface area contributed by atoms with Crippen LogP contribution in [0.3, 0.4) is 0 Å². The number of hydrogen-bond donors (Lipinski definition) is 1. The summed E-state index contributed by atoms with van der Waals surface area (Å²) < 4.78 is 40.3. The average Bonchev–Trinajstić information content (AvgIpc) is 2.61. The summed E-state index contributed by atoms with van der Waals surface area (Å²) in [6.07, 6.45) is 0. The number of allylic oxidation sites excluding steroid dienone is 1. The molecule has 1 N–H and O–H groups in total. The fourth-order valence-corrected chi connectivity index (χ4v) is 3.57. The van der Waals surface area contributed by atoms with Gasteiger partial charge in [-0.2, -0.15) is 8.78 Å². The lowest BCUT2D eigenvalue weighted by atomic mass is 9.94. The standard InChI is InChI=1S/C18H22F2N2O4S/c1-10(9-24-3)22-11(2)14(16(23)25-4)15(21-18(22)27)12-7-5-6-8-13(12)26-17(19)20/h5-8,10,15,17H,9H2,1-4H3,(H,21,27)/t10-,15-/m0/s1. The molecule has 27 heavy (non-hydrogen) atoms. The first-order valence-corrected chi connectivity index (χ1v) is 8.64. The maximum Gasteiger partial charge on any atom is 0.387 e. The summed E-state index contributed by atoms with van der Waals surface area (Å²) in [6.45, 7) is 1.01. The maximum atomic E-state index is 12.8. The van der Waals surface area contributed by atoms with Crippen molar-refractivity contribution in [2.75, 3.05) is 20.8 Å². The van der Waals surface area contributed by atoms with Gasteiger partial charge in [0.2, 0.25) is 0 Å². The topological polar surface area (TPSA) is 60.0 Å². The van der Waals surface area contributed by atoms with E-state index >= 15 is 0 Å². The molecule has 1 aromatic carbocycles. The zero-order chi connectivity index (χ0) is 20.1. The van der Waals surface area contributed by atoms with Crippen molar-refractivity contribution in [2.24, 2.45) is 0 Å². The van der Waals surface area contributed by atoms with Crippen LogP contribution in [0.2, 0.25) is 0 Å². The van der Waals surface area contributed by atoms with Crippen LogP contribution in [0.15, 0.2) is 35.5 Å². The van der Waals surface area contributed by atoms with Crippen LogP contribution < -0.4 is 10.1 Å². The predicted octanol–water partition coefficient (Wildman–Crippen LogP) is 3.00. The Morgan fingerprint density at radius 3 is 2.59 bits per heavy atom. The van der Waals surface area contributed by atoms with E-state index in [9.17, 15) is 13.6 Å².